The molecular weight excluding hydrogens is 606 g/mol. The molecule has 1 saturated heterocycles. The normalized spacial score (nSPS) is 16.8. The predicted octanol–water partition coefficient (Wildman–Crippen LogP) is 6.13. The van der Waals surface area contributed by atoms with Crippen LogP contribution in [0.3, 0.4) is 0 Å². The lowest BCUT2D eigenvalue weighted by Crippen LogP contribution is -2.52. The highest BCUT2D eigenvalue weighted by Gasteiger charge is 2.39. The van der Waals surface area contributed by atoms with E-state index in [0.717, 1.165) is 38.5 Å². The van der Waals surface area contributed by atoms with E-state index in [9.17, 15) is 24.0 Å². The number of carbonyl (C=O) groups excluding carboxylic acids is 5. The molecular formula is C39H49N3O6. The molecule has 1 fully saturated rings. The standard InChI is InChI=1S/C39H49N3O6/c1-2-3-4-5-6-7-8-9-10-11-12-13-14-15-16-17-18-19-20-24-35(43)40-27-28-48-37(45)29-31-22-21-23-32-33(31)30-42(39(32)47)34-25-26-36(44)41-38(34)46/h3-4,6-7,9-10,12-13,15-16,18-19,21-23,34H,2,5,8,11,14,17,20,24-30H2,1H3,(H,40,43)(H,41,44,46)/b4-3-,7-6-,10-9-,13-12-,16-15-,19-18-. The monoisotopic (exact) mass is 655 g/mol. The topological polar surface area (TPSA) is 122 Å². The molecule has 2 aliphatic heterocycles. The summed E-state index contributed by atoms with van der Waals surface area (Å²) < 4.78 is 5.31. The van der Waals surface area contributed by atoms with Gasteiger partial charge in [0.2, 0.25) is 17.7 Å². The molecule has 3 rings (SSSR count). The number of benzene rings is 1. The van der Waals surface area contributed by atoms with Gasteiger partial charge in [0.25, 0.3) is 5.91 Å². The first-order valence-electron chi connectivity index (χ1n) is 17.0. The zero-order valence-corrected chi connectivity index (χ0v) is 28.0. The minimum atomic E-state index is -0.717. The number of rotatable bonds is 20. The van der Waals surface area contributed by atoms with Crippen LogP contribution in [0.2, 0.25) is 0 Å². The average molecular weight is 656 g/mol. The minimum absolute atomic E-state index is 0.0315. The van der Waals surface area contributed by atoms with Gasteiger partial charge in [0.15, 0.2) is 0 Å². The summed E-state index contributed by atoms with van der Waals surface area (Å²) in [5.41, 5.74) is 1.79. The number of ether oxygens (including phenoxy) is 1. The lowest BCUT2D eigenvalue weighted by atomic mass is 10.0. The van der Waals surface area contributed by atoms with Gasteiger partial charge >= 0.3 is 5.97 Å². The van der Waals surface area contributed by atoms with Gasteiger partial charge in [0.1, 0.15) is 12.6 Å². The first-order valence-corrected chi connectivity index (χ1v) is 17.0. The van der Waals surface area contributed by atoms with Crippen LogP contribution in [0.15, 0.2) is 91.1 Å². The minimum Gasteiger partial charge on any atom is -0.464 e. The van der Waals surface area contributed by atoms with Crippen molar-refractivity contribution in [2.45, 2.75) is 90.1 Å². The summed E-state index contributed by atoms with van der Waals surface area (Å²) in [7, 11) is 0. The Labute approximate surface area is 284 Å². The van der Waals surface area contributed by atoms with Crippen molar-refractivity contribution in [3.63, 3.8) is 0 Å². The Hall–Kier alpha value is -4.79. The van der Waals surface area contributed by atoms with E-state index in [1.165, 1.54) is 4.90 Å². The molecule has 2 N–H and O–H groups in total. The maximum absolute atomic E-state index is 13.0. The van der Waals surface area contributed by atoms with Crippen molar-refractivity contribution < 1.29 is 28.7 Å². The molecule has 1 unspecified atom stereocenters. The van der Waals surface area contributed by atoms with Crippen molar-refractivity contribution in [2.75, 3.05) is 13.2 Å². The summed E-state index contributed by atoms with van der Waals surface area (Å²) in [6, 6.07) is 4.42. The Morgan fingerprint density at radius 3 is 2.08 bits per heavy atom. The molecule has 2 heterocycles. The number of nitrogens with one attached hydrogen (secondary N) is 2. The second-order valence-electron chi connectivity index (χ2n) is 11.5. The Balaban J connectivity index is 1.22. The largest absolute Gasteiger partial charge is 0.464 e. The molecule has 1 atom stereocenters. The summed E-state index contributed by atoms with van der Waals surface area (Å²) in [5.74, 6) is -1.69. The molecule has 2 aliphatic rings. The molecule has 9 nitrogen and oxygen atoms in total. The summed E-state index contributed by atoms with van der Waals surface area (Å²) in [4.78, 5) is 62.9. The van der Waals surface area contributed by atoms with Crippen LogP contribution in [0.5, 0.6) is 0 Å². The van der Waals surface area contributed by atoms with Crippen LogP contribution < -0.4 is 10.6 Å². The van der Waals surface area contributed by atoms with E-state index >= 15 is 0 Å². The molecule has 0 bridgehead atoms. The van der Waals surface area contributed by atoms with Crippen molar-refractivity contribution in [2.24, 2.45) is 0 Å². The number of carbonyl (C=O) groups is 5. The molecule has 1 aromatic rings. The van der Waals surface area contributed by atoms with Gasteiger partial charge in [0.05, 0.1) is 13.0 Å². The fraction of sp³-hybridized carbons (Fsp3) is 0.410. The Morgan fingerprint density at radius 1 is 0.875 bits per heavy atom. The molecule has 0 aliphatic carbocycles. The van der Waals surface area contributed by atoms with Crippen LogP contribution in [0.25, 0.3) is 0 Å². The molecule has 0 spiro atoms. The second kappa shape index (κ2) is 21.9. The number of allylic oxidation sites excluding steroid dienone is 12. The zero-order valence-electron chi connectivity index (χ0n) is 28.0. The number of esters is 1. The average Bonchev–Trinajstić information content (AvgIpc) is 3.40. The van der Waals surface area contributed by atoms with Gasteiger partial charge < -0.3 is 15.0 Å². The van der Waals surface area contributed by atoms with Crippen LogP contribution in [-0.4, -0.2) is 53.7 Å². The van der Waals surface area contributed by atoms with Crippen LogP contribution in [0.1, 0.15) is 92.6 Å². The summed E-state index contributed by atoms with van der Waals surface area (Å²) in [6.45, 7) is 2.58. The Kier molecular flexibility index (Phi) is 17.2. The van der Waals surface area contributed by atoms with E-state index in [4.69, 9.17) is 4.74 Å². The fourth-order valence-electron chi connectivity index (χ4n) is 5.32. The van der Waals surface area contributed by atoms with Gasteiger partial charge in [-0.3, -0.25) is 29.3 Å². The highest BCUT2D eigenvalue weighted by Crippen LogP contribution is 2.30. The van der Waals surface area contributed by atoms with Crippen molar-refractivity contribution in [3.8, 4) is 0 Å². The van der Waals surface area contributed by atoms with Crippen molar-refractivity contribution in [1.29, 1.82) is 0 Å². The molecule has 1 aromatic carbocycles. The van der Waals surface area contributed by atoms with Gasteiger partial charge in [-0.05, 0) is 68.6 Å². The lowest BCUT2D eigenvalue weighted by Gasteiger charge is -2.29. The van der Waals surface area contributed by atoms with Crippen LogP contribution >= 0.6 is 0 Å². The highest BCUT2D eigenvalue weighted by molar-refractivity contribution is 6.05. The molecule has 9 heteroatoms. The molecule has 4 amide bonds. The molecule has 0 saturated carbocycles. The van der Waals surface area contributed by atoms with Crippen molar-refractivity contribution in [3.05, 3.63) is 108 Å². The summed E-state index contributed by atoms with van der Waals surface area (Å²) in [5, 5.41) is 5.05. The number of imide groups is 1. The van der Waals surface area contributed by atoms with Crippen molar-refractivity contribution >= 4 is 29.6 Å². The van der Waals surface area contributed by atoms with Gasteiger partial charge in [-0.25, -0.2) is 0 Å². The maximum Gasteiger partial charge on any atom is 0.310 e. The van der Waals surface area contributed by atoms with E-state index < -0.39 is 17.9 Å². The number of nitrogens with zero attached hydrogens (tertiary/aromatic N) is 1. The number of fused-ring (bicyclic) bond motifs is 1. The lowest BCUT2D eigenvalue weighted by molar-refractivity contribution is -0.143. The van der Waals surface area contributed by atoms with Gasteiger partial charge in [-0.1, -0.05) is 92.0 Å². The molecule has 0 aromatic heterocycles. The third-order valence-corrected chi connectivity index (χ3v) is 7.84. The van der Waals surface area contributed by atoms with Crippen LogP contribution in [0.4, 0.5) is 0 Å². The number of hydrogen-bond donors (Lipinski definition) is 2. The molecule has 256 valence electrons. The summed E-state index contributed by atoms with van der Waals surface area (Å²) >= 11 is 0. The fourth-order valence-corrected chi connectivity index (χ4v) is 5.32. The molecule has 48 heavy (non-hydrogen) atoms. The SMILES string of the molecule is CC/C=C\C/C=C\C/C=C\C/C=C\C/C=C\C/C=C\CCC(=O)NCCOC(=O)Cc1cccc2c1CN(C1CCC(=O)NC1=O)C2=O. The third-order valence-electron chi connectivity index (χ3n) is 7.84. The van der Waals surface area contributed by atoms with Crippen LogP contribution in [-0.2, 0) is 36.9 Å². The van der Waals surface area contributed by atoms with E-state index in [1.54, 1.807) is 18.2 Å². The van der Waals surface area contributed by atoms with E-state index in [1.807, 2.05) is 12.2 Å². The third kappa shape index (κ3) is 13.5. The van der Waals surface area contributed by atoms with Gasteiger partial charge in [-0.15, -0.1) is 0 Å². The highest BCUT2D eigenvalue weighted by atomic mass is 16.5. The predicted molar refractivity (Wildman–Crippen MR) is 188 cm³/mol. The van der Waals surface area contributed by atoms with E-state index in [2.05, 4.69) is 78.3 Å². The number of piperidine rings is 1. The zero-order chi connectivity index (χ0) is 34.4. The quantitative estimate of drug-likeness (QED) is 0.0755. The van der Waals surface area contributed by atoms with E-state index in [0.29, 0.717) is 29.5 Å². The first-order chi connectivity index (χ1) is 23.4. The van der Waals surface area contributed by atoms with E-state index in [-0.39, 0.29) is 56.7 Å². The smallest absolute Gasteiger partial charge is 0.310 e. The number of hydrogen-bond acceptors (Lipinski definition) is 6. The van der Waals surface area contributed by atoms with Crippen LogP contribution in [0, 0.1) is 0 Å². The van der Waals surface area contributed by atoms with Gasteiger partial charge in [0, 0.05) is 24.9 Å². The molecule has 0 radical (unpaired) electrons. The number of amides is 4. The van der Waals surface area contributed by atoms with Crippen molar-refractivity contribution in [1.82, 2.24) is 15.5 Å². The second-order valence-corrected chi connectivity index (χ2v) is 11.5. The first kappa shape index (κ1) is 37.7. The Bertz CT molecular complexity index is 1430. The summed E-state index contributed by atoms with van der Waals surface area (Å²) in [6.07, 6.45) is 32.8. The van der Waals surface area contributed by atoms with Gasteiger partial charge in [-0.2, -0.15) is 0 Å². The Morgan fingerprint density at radius 2 is 1.48 bits per heavy atom. The maximum atomic E-state index is 13.0.